The number of benzene rings is 1. The minimum atomic E-state index is -0.154. The standard InChI is InChI=1S/C19H25N3O4/c1-13(2)20-18(24)21-6-5-19(11-21)10-17(23)22(12-19)14-3-4-15-16(9-14)26-8-7-25-15/h3-4,9,13H,5-8,10-12H2,1-2H3,(H,20,24). The third-order valence-corrected chi connectivity index (χ3v) is 5.30. The predicted molar refractivity (Wildman–Crippen MR) is 96.7 cm³/mol. The average molecular weight is 359 g/mol. The van der Waals surface area contributed by atoms with Crippen molar-refractivity contribution in [1.29, 1.82) is 0 Å². The molecule has 3 amide bonds. The summed E-state index contributed by atoms with van der Waals surface area (Å²) < 4.78 is 11.2. The summed E-state index contributed by atoms with van der Waals surface area (Å²) in [5.74, 6) is 1.51. The average Bonchev–Trinajstić information content (AvgIpc) is 3.17. The van der Waals surface area contributed by atoms with E-state index in [-0.39, 0.29) is 23.4 Å². The van der Waals surface area contributed by atoms with E-state index in [9.17, 15) is 9.59 Å². The van der Waals surface area contributed by atoms with E-state index in [2.05, 4.69) is 5.32 Å². The second-order valence-electron chi connectivity index (χ2n) is 7.76. The van der Waals surface area contributed by atoms with Gasteiger partial charge in [0.2, 0.25) is 5.91 Å². The molecular weight excluding hydrogens is 334 g/mol. The highest BCUT2D eigenvalue weighted by Gasteiger charge is 2.49. The highest BCUT2D eigenvalue weighted by atomic mass is 16.6. The van der Waals surface area contributed by atoms with Crippen molar-refractivity contribution in [3.05, 3.63) is 18.2 Å². The van der Waals surface area contributed by atoms with Crippen LogP contribution in [0.5, 0.6) is 11.5 Å². The van der Waals surface area contributed by atoms with Gasteiger partial charge in [-0.05, 0) is 32.4 Å². The molecule has 3 aliphatic rings. The van der Waals surface area contributed by atoms with E-state index in [4.69, 9.17) is 9.47 Å². The molecule has 0 bridgehead atoms. The van der Waals surface area contributed by atoms with Crippen molar-refractivity contribution in [2.45, 2.75) is 32.7 Å². The number of carbonyl (C=O) groups excluding carboxylic acids is 2. The zero-order valence-corrected chi connectivity index (χ0v) is 15.3. The molecule has 7 heteroatoms. The van der Waals surface area contributed by atoms with Crippen LogP contribution in [-0.4, -0.2) is 55.7 Å². The lowest BCUT2D eigenvalue weighted by Crippen LogP contribution is -2.43. The van der Waals surface area contributed by atoms with Gasteiger partial charge in [-0.25, -0.2) is 4.79 Å². The summed E-state index contributed by atoms with van der Waals surface area (Å²) in [6.07, 6.45) is 1.33. The SMILES string of the molecule is CC(C)NC(=O)N1CCC2(CC(=O)N(c3ccc4c(c3)OCCO4)C2)C1. The number of hydrogen-bond acceptors (Lipinski definition) is 4. The van der Waals surface area contributed by atoms with Crippen LogP contribution in [0.2, 0.25) is 0 Å². The summed E-state index contributed by atoms with van der Waals surface area (Å²) in [5.41, 5.74) is 0.680. The van der Waals surface area contributed by atoms with E-state index in [1.165, 1.54) is 0 Å². The van der Waals surface area contributed by atoms with Crippen molar-refractivity contribution in [1.82, 2.24) is 10.2 Å². The Morgan fingerprint density at radius 2 is 1.96 bits per heavy atom. The highest BCUT2D eigenvalue weighted by Crippen LogP contribution is 2.43. The van der Waals surface area contributed by atoms with Gasteiger partial charge in [-0.15, -0.1) is 0 Å². The molecule has 3 aliphatic heterocycles. The van der Waals surface area contributed by atoms with Crippen LogP contribution in [0.15, 0.2) is 18.2 Å². The fraction of sp³-hybridized carbons (Fsp3) is 0.579. The Balaban J connectivity index is 1.48. The lowest BCUT2D eigenvalue weighted by atomic mass is 9.86. The van der Waals surface area contributed by atoms with Crippen LogP contribution < -0.4 is 19.7 Å². The van der Waals surface area contributed by atoms with Crippen molar-refractivity contribution in [3.63, 3.8) is 0 Å². The molecule has 2 fully saturated rings. The molecule has 7 nitrogen and oxygen atoms in total. The maximum atomic E-state index is 12.7. The molecule has 1 unspecified atom stereocenters. The molecular formula is C19H25N3O4. The van der Waals surface area contributed by atoms with Crippen molar-refractivity contribution in [2.24, 2.45) is 5.41 Å². The van der Waals surface area contributed by atoms with Gasteiger partial charge in [-0.3, -0.25) is 4.79 Å². The first-order chi connectivity index (χ1) is 12.5. The number of nitrogens with zero attached hydrogens (tertiary/aromatic N) is 2. The number of likely N-dealkylation sites (tertiary alicyclic amines) is 1. The number of carbonyl (C=O) groups is 2. The summed E-state index contributed by atoms with van der Waals surface area (Å²) >= 11 is 0. The number of nitrogens with one attached hydrogen (secondary N) is 1. The normalized spacial score (nSPS) is 24.7. The monoisotopic (exact) mass is 359 g/mol. The zero-order chi connectivity index (χ0) is 18.3. The van der Waals surface area contributed by atoms with Crippen molar-refractivity contribution >= 4 is 17.6 Å². The first kappa shape index (κ1) is 17.0. The Hall–Kier alpha value is -2.44. The van der Waals surface area contributed by atoms with Crippen LogP contribution in [0.25, 0.3) is 0 Å². The van der Waals surface area contributed by atoms with Gasteiger partial charge in [0.25, 0.3) is 0 Å². The van der Waals surface area contributed by atoms with E-state index < -0.39 is 0 Å². The Morgan fingerprint density at radius 3 is 2.73 bits per heavy atom. The molecule has 4 rings (SSSR count). The molecule has 0 radical (unpaired) electrons. The number of urea groups is 1. The van der Waals surface area contributed by atoms with Gasteiger partial charge in [-0.1, -0.05) is 0 Å². The number of hydrogen-bond donors (Lipinski definition) is 1. The van der Waals surface area contributed by atoms with E-state index in [0.717, 1.165) is 17.9 Å². The maximum Gasteiger partial charge on any atom is 0.317 e. The molecule has 2 saturated heterocycles. The maximum absolute atomic E-state index is 12.7. The molecule has 0 aromatic heterocycles. The molecule has 1 N–H and O–H groups in total. The number of amides is 3. The molecule has 140 valence electrons. The van der Waals surface area contributed by atoms with Gasteiger partial charge < -0.3 is 24.6 Å². The second-order valence-corrected chi connectivity index (χ2v) is 7.76. The molecule has 1 spiro atoms. The van der Waals surface area contributed by atoms with E-state index in [1.54, 1.807) is 0 Å². The van der Waals surface area contributed by atoms with E-state index >= 15 is 0 Å². The summed E-state index contributed by atoms with van der Waals surface area (Å²) in [6, 6.07) is 5.71. The summed E-state index contributed by atoms with van der Waals surface area (Å²) in [5, 5.41) is 2.94. The van der Waals surface area contributed by atoms with Crippen molar-refractivity contribution < 1.29 is 19.1 Å². The second kappa shape index (κ2) is 6.37. The largest absolute Gasteiger partial charge is 0.486 e. The van der Waals surface area contributed by atoms with Gasteiger partial charge in [0, 0.05) is 49.3 Å². The fourth-order valence-electron chi connectivity index (χ4n) is 4.05. The third-order valence-electron chi connectivity index (χ3n) is 5.30. The zero-order valence-electron chi connectivity index (χ0n) is 15.3. The van der Waals surface area contributed by atoms with Crippen LogP contribution in [0.4, 0.5) is 10.5 Å². The first-order valence-corrected chi connectivity index (χ1v) is 9.21. The van der Waals surface area contributed by atoms with Gasteiger partial charge in [-0.2, -0.15) is 0 Å². The number of anilines is 1. The summed E-state index contributed by atoms with van der Waals surface area (Å²) in [6.45, 7) is 6.93. The Morgan fingerprint density at radius 1 is 1.19 bits per heavy atom. The van der Waals surface area contributed by atoms with Gasteiger partial charge in [0.15, 0.2) is 11.5 Å². The fourth-order valence-corrected chi connectivity index (χ4v) is 4.05. The predicted octanol–water partition coefficient (Wildman–Crippen LogP) is 2.00. The quantitative estimate of drug-likeness (QED) is 0.877. The minimum Gasteiger partial charge on any atom is -0.486 e. The topological polar surface area (TPSA) is 71.1 Å². The molecule has 26 heavy (non-hydrogen) atoms. The van der Waals surface area contributed by atoms with Crippen LogP contribution >= 0.6 is 0 Å². The summed E-state index contributed by atoms with van der Waals surface area (Å²) in [4.78, 5) is 28.6. The van der Waals surface area contributed by atoms with Crippen molar-refractivity contribution in [2.75, 3.05) is 37.7 Å². The van der Waals surface area contributed by atoms with Crippen LogP contribution in [-0.2, 0) is 4.79 Å². The van der Waals surface area contributed by atoms with Gasteiger partial charge >= 0.3 is 6.03 Å². The molecule has 3 heterocycles. The van der Waals surface area contributed by atoms with Crippen LogP contribution in [0.3, 0.4) is 0 Å². The number of rotatable bonds is 2. The van der Waals surface area contributed by atoms with Crippen molar-refractivity contribution in [3.8, 4) is 11.5 Å². The molecule has 0 saturated carbocycles. The molecule has 1 atom stereocenters. The van der Waals surface area contributed by atoms with E-state index in [0.29, 0.717) is 45.0 Å². The first-order valence-electron chi connectivity index (χ1n) is 9.21. The molecule has 1 aromatic rings. The Kier molecular flexibility index (Phi) is 4.17. The van der Waals surface area contributed by atoms with Crippen LogP contribution in [0.1, 0.15) is 26.7 Å². The molecule has 1 aromatic carbocycles. The number of fused-ring (bicyclic) bond motifs is 1. The van der Waals surface area contributed by atoms with Crippen LogP contribution in [0, 0.1) is 5.41 Å². The van der Waals surface area contributed by atoms with Gasteiger partial charge in [0.05, 0.1) is 0 Å². The Labute approximate surface area is 153 Å². The lowest BCUT2D eigenvalue weighted by Gasteiger charge is -2.25. The van der Waals surface area contributed by atoms with Gasteiger partial charge in [0.1, 0.15) is 13.2 Å². The summed E-state index contributed by atoms with van der Waals surface area (Å²) in [7, 11) is 0. The number of ether oxygens (including phenoxy) is 2. The highest BCUT2D eigenvalue weighted by molar-refractivity contribution is 5.97. The van der Waals surface area contributed by atoms with E-state index in [1.807, 2.05) is 41.8 Å². The lowest BCUT2D eigenvalue weighted by molar-refractivity contribution is -0.117. The third kappa shape index (κ3) is 3.06. The Bertz CT molecular complexity index is 735. The molecule has 0 aliphatic carbocycles. The smallest absolute Gasteiger partial charge is 0.317 e. The minimum absolute atomic E-state index is 0.0397.